The van der Waals surface area contributed by atoms with Gasteiger partial charge in [-0.2, -0.15) is 0 Å². The van der Waals surface area contributed by atoms with Crippen molar-refractivity contribution in [3.05, 3.63) is 27.8 Å². The van der Waals surface area contributed by atoms with Crippen LogP contribution in [0, 0.1) is 6.92 Å². The fraction of sp³-hybridized carbons (Fsp3) is 0.385. The molecule has 0 saturated carbocycles. The number of benzene rings is 1. The fourth-order valence-corrected chi connectivity index (χ4v) is 2.49. The van der Waals surface area contributed by atoms with E-state index in [1.54, 1.807) is 6.07 Å². The van der Waals surface area contributed by atoms with Crippen molar-refractivity contribution in [3.8, 4) is 0 Å². The lowest BCUT2D eigenvalue weighted by molar-refractivity contribution is -0.114. The quantitative estimate of drug-likeness (QED) is 0.834. The highest BCUT2D eigenvalue weighted by Crippen LogP contribution is 2.34. The van der Waals surface area contributed by atoms with Crippen LogP contribution in [0.2, 0.25) is 5.02 Å². The second-order valence-electron chi connectivity index (χ2n) is 4.34. The Balaban J connectivity index is 2.63. The molecule has 0 unspecified atom stereocenters. The third-order valence-corrected chi connectivity index (χ3v) is 3.47. The van der Waals surface area contributed by atoms with Gasteiger partial charge < -0.3 is 5.32 Å². The van der Waals surface area contributed by atoms with Gasteiger partial charge >= 0.3 is 0 Å². The van der Waals surface area contributed by atoms with Gasteiger partial charge in [0, 0.05) is 23.9 Å². The molecule has 3 nitrogen and oxygen atoms in total. The van der Waals surface area contributed by atoms with Crippen LogP contribution in [0.15, 0.2) is 6.07 Å². The summed E-state index contributed by atoms with van der Waals surface area (Å²) in [7, 11) is 0. The zero-order chi connectivity index (χ0) is 12.6. The summed E-state index contributed by atoms with van der Waals surface area (Å²) in [5, 5.41) is 3.29. The van der Waals surface area contributed by atoms with Crippen LogP contribution >= 0.6 is 11.6 Å². The Labute approximate surface area is 105 Å². The third kappa shape index (κ3) is 2.20. The SMILES string of the molecule is CC(=O)Nc1cc(Cl)c(C)c2c1C(=O)CCC2. The summed E-state index contributed by atoms with van der Waals surface area (Å²) < 4.78 is 0. The highest BCUT2D eigenvalue weighted by atomic mass is 35.5. The average Bonchev–Trinajstić information content (AvgIpc) is 2.24. The molecule has 4 heteroatoms. The van der Waals surface area contributed by atoms with Crippen LogP contribution in [0.1, 0.15) is 41.3 Å². The number of Topliss-reactive ketones (excluding diaryl/α,β-unsaturated/α-hetero) is 1. The van der Waals surface area contributed by atoms with Gasteiger partial charge in [0.2, 0.25) is 5.91 Å². The largest absolute Gasteiger partial charge is 0.326 e. The van der Waals surface area contributed by atoms with Gasteiger partial charge in [-0.05, 0) is 37.0 Å². The molecule has 0 atom stereocenters. The number of carbonyl (C=O) groups is 2. The van der Waals surface area contributed by atoms with Gasteiger partial charge in [-0.25, -0.2) is 0 Å². The lowest BCUT2D eigenvalue weighted by atomic mass is 9.86. The van der Waals surface area contributed by atoms with Crippen molar-refractivity contribution < 1.29 is 9.59 Å². The van der Waals surface area contributed by atoms with E-state index in [9.17, 15) is 9.59 Å². The number of hydrogen-bond acceptors (Lipinski definition) is 2. The molecule has 2 rings (SSSR count). The number of fused-ring (bicyclic) bond motifs is 1. The number of nitrogens with one attached hydrogen (secondary N) is 1. The minimum absolute atomic E-state index is 0.0924. The summed E-state index contributed by atoms with van der Waals surface area (Å²) in [6, 6.07) is 1.67. The van der Waals surface area contributed by atoms with Crippen molar-refractivity contribution in [2.45, 2.75) is 33.1 Å². The molecule has 1 aromatic rings. The number of halogens is 1. The minimum atomic E-state index is -0.189. The zero-order valence-corrected chi connectivity index (χ0v) is 10.6. The van der Waals surface area contributed by atoms with E-state index in [2.05, 4.69) is 5.32 Å². The number of amides is 1. The Morgan fingerprint density at radius 3 is 2.76 bits per heavy atom. The number of ketones is 1. The molecule has 17 heavy (non-hydrogen) atoms. The molecule has 0 spiro atoms. The van der Waals surface area contributed by atoms with E-state index in [1.165, 1.54) is 6.92 Å². The molecule has 0 aliphatic heterocycles. The summed E-state index contributed by atoms with van der Waals surface area (Å²) in [5.41, 5.74) is 3.13. The number of anilines is 1. The van der Waals surface area contributed by atoms with Crippen LogP contribution in [-0.2, 0) is 11.2 Å². The Kier molecular flexibility index (Phi) is 3.20. The summed E-state index contributed by atoms with van der Waals surface area (Å²) in [6.07, 6.45) is 2.24. The van der Waals surface area contributed by atoms with Crippen LogP contribution in [0.25, 0.3) is 0 Å². The molecule has 1 amide bonds. The van der Waals surface area contributed by atoms with Crippen LogP contribution in [0.3, 0.4) is 0 Å². The predicted molar refractivity (Wildman–Crippen MR) is 67.8 cm³/mol. The Bertz CT molecular complexity index is 509. The first-order valence-electron chi connectivity index (χ1n) is 5.63. The van der Waals surface area contributed by atoms with E-state index in [4.69, 9.17) is 11.6 Å². The first-order chi connectivity index (χ1) is 8.00. The highest BCUT2D eigenvalue weighted by molar-refractivity contribution is 6.32. The molecule has 90 valence electrons. The van der Waals surface area contributed by atoms with Gasteiger partial charge in [-0.3, -0.25) is 9.59 Å². The van der Waals surface area contributed by atoms with Gasteiger partial charge in [-0.15, -0.1) is 0 Å². The Morgan fingerprint density at radius 1 is 1.41 bits per heavy atom. The van der Waals surface area contributed by atoms with E-state index in [1.807, 2.05) is 6.92 Å². The molecular formula is C13H14ClNO2. The topological polar surface area (TPSA) is 46.2 Å². The van der Waals surface area contributed by atoms with Crippen molar-refractivity contribution in [2.24, 2.45) is 0 Å². The van der Waals surface area contributed by atoms with Crippen molar-refractivity contribution in [2.75, 3.05) is 5.32 Å². The molecule has 1 aliphatic rings. The molecule has 0 saturated heterocycles. The second kappa shape index (κ2) is 4.49. The highest BCUT2D eigenvalue weighted by Gasteiger charge is 2.24. The number of carbonyl (C=O) groups excluding carboxylic acids is 2. The van der Waals surface area contributed by atoms with Gasteiger partial charge in [0.1, 0.15) is 0 Å². The molecule has 0 fully saturated rings. The normalized spacial score (nSPS) is 14.4. The summed E-state index contributed by atoms with van der Waals surface area (Å²) in [6.45, 7) is 3.34. The first kappa shape index (κ1) is 12.1. The van der Waals surface area contributed by atoms with Crippen molar-refractivity contribution in [1.29, 1.82) is 0 Å². The monoisotopic (exact) mass is 251 g/mol. The molecule has 1 aromatic carbocycles. The number of hydrogen-bond donors (Lipinski definition) is 1. The van der Waals surface area contributed by atoms with Crippen LogP contribution < -0.4 is 5.32 Å². The molecule has 0 aromatic heterocycles. The van der Waals surface area contributed by atoms with Crippen LogP contribution in [0.5, 0.6) is 0 Å². The minimum Gasteiger partial charge on any atom is -0.326 e. The van der Waals surface area contributed by atoms with Gasteiger partial charge in [0.05, 0.1) is 5.69 Å². The molecular weight excluding hydrogens is 238 g/mol. The van der Waals surface area contributed by atoms with E-state index < -0.39 is 0 Å². The van der Waals surface area contributed by atoms with E-state index in [0.717, 1.165) is 24.0 Å². The Hall–Kier alpha value is -1.35. The molecule has 1 aliphatic carbocycles. The van der Waals surface area contributed by atoms with Crippen molar-refractivity contribution in [3.63, 3.8) is 0 Å². The zero-order valence-electron chi connectivity index (χ0n) is 9.89. The van der Waals surface area contributed by atoms with Gasteiger partial charge in [0.15, 0.2) is 5.78 Å². The number of rotatable bonds is 1. The smallest absolute Gasteiger partial charge is 0.221 e. The van der Waals surface area contributed by atoms with Gasteiger partial charge in [0.25, 0.3) is 0 Å². The van der Waals surface area contributed by atoms with E-state index in [0.29, 0.717) is 22.7 Å². The van der Waals surface area contributed by atoms with Crippen molar-refractivity contribution in [1.82, 2.24) is 0 Å². The lowest BCUT2D eigenvalue weighted by Crippen LogP contribution is -2.18. The maximum atomic E-state index is 12.0. The van der Waals surface area contributed by atoms with Gasteiger partial charge in [-0.1, -0.05) is 11.6 Å². The standard InChI is InChI=1S/C13H14ClNO2/c1-7-9-4-3-5-12(17)13(9)11(6-10(7)14)15-8(2)16/h6H,3-5H2,1-2H3,(H,15,16). The van der Waals surface area contributed by atoms with Crippen LogP contribution in [0.4, 0.5) is 5.69 Å². The first-order valence-corrected chi connectivity index (χ1v) is 6.01. The summed E-state index contributed by atoms with van der Waals surface area (Å²) in [4.78, 5) is 23.1. The third-order valence-electron chi connectivity index (χ3n) is 3.07. The molecule has 1 N–H and O–H groups in total. The lowest BCUT2D eigenvalue weighted by Gasteiger charge is -2.21. The molecule has 0 heterocycles. The Morgan fingerprint density at radius 2 is 2.12 bits per heavy atom. The predicted octanol–water partition coefficient (Wildman–Crippen LogP) is 3.13. The summed E-state index contributed by atoms with van der Waals surface area (Å²) >= 11 is 6.12. The maximum Gasteiger partial charge on any atom is 0.221 e. The maximum absolute atomic E-state index is 12.0. The second-order valence-corrected chi connectivity index (χ2v) is 4.75. The molecule has 0 bridgehead atoms. The van der Waals surface area contributed by atoms with Crippen molar-refractivity contribution >= 4 is 29.0 Å². The fourth-order valence-electron chi connectivity index (χ4n) is 2.27. The van der Waals surface area contributed by atoms with E-state index in [-0.39, 0.29) is 11.7 Å². The molecule has 0 radical (unpaired) electrons. The summed E-state index contributed by atoms with van der Waals surface area (Å²) in [5.74, 6) is -0.0970. The average molecular weight is 252 g/mol. The van der Waals surface area contributed by atoms with E-state index >= 15 is 0 Å². The van der Waals surface area contributed by atoms with Crippen LogP contribution in [-0.4, -0.2) is 11.7 Å².